The van der Waals surface area contributed by atoms with Crippen LogP contribution in [0.15, 0.2) is 46.6 Å². The largest absolute Gasteiger partial charge is 0.493 e. The Labute approximate surface area is 164 Å². The topological polar surface area (TPSA) is 72.7 Å². The van der Waals surface area contributed by atoms with Gasteiger partial charge in [0.2, 0.25) is 5.75 Å². The number of methoxy groups -OCH3 is 3. The number of amides is 1. The maximum Gasteiger partial charge on any atom is 0.279 e. The molecule has 0 fully saturated rings. The lowest BCUT2D eigenvalue weighted by molar-refractivity contribution is -0.112. The molecule has 1 aliphatic heterocycles. The average molecular weight is 381 g/mol. The first-order chi connectivity index (χ1) is 13.6. The number of nitrogens with zero attached hydrogens (tertiary/aromatic N) is 3. The maximum atomic E-state index is 12.7. The van der Waals surface area contributed by atoms with Gasteiger partial charge in [0.05, 0.1) is 33.2 Å². The highest BCUT2D eigenvalue weighted by Crippen LogP contribution is 2.37. The summed E-state index contributed by atoms with van der Waals surface area (Å²) in [6.45, 7) is 2.68. The minimum Gasteiger partial charge on any atom is -0.493 e. The Morgan fingerprint density at radius 3 is 2.32 bits per heavy atom. The molecule has 0 atom stereocenters. The predicted molar refractivity (Wildman–Crippen MR) is 109 cm³/mol. The van der Waals surface area contributed by atoms with Crippen molar-refractivity contribution in [3.05, 3.63) is 47.5 Å². The lowest BCUT2D eigenvalue weighted by atomic mass is 10.1. The van der Waals surface area contributed by atoms with Crippen LogP contribution in [0.1, 0.15) is 24.5 Å². The highest BCUT2D eigenvalue weighted by molar-refractivity contribution is 6.54. The summed E-state index contributed by atoms with van der Waals surface area (Å²) in [7, 11) is 4.65. The van der Waals surface area contributed by atoms with Crippen LogP contribution in [0.25, 0.3) is 0 Å². The first-order valence-corrected chi connectivity index (χ1v) is 8.96. The van der Waals surface area contributed by atoms with Gasteiger partial charge in [0, 0.05) is 17.7 Å². The van der Waals surface area contributed by atoms with Crippen LogP contribution in [-0.4, -0.2) is 45.7 Å². The number of carbonyl (C=O) groups excluding carboxylic acids is 1. The molecule has 1 heterocycles. The molecule has 0 saturated carbocycles. The minimum atomic E-state index is -0.134. The molecule has 7 heteroatoms. The van der Waals surface area contributed by atoms with E-state index in [1.807, 2.05) is 31.2 Å². The van der Waals surface area contributed by atoms with Crippen LogP contribution in [0.4, 0.5) is 5.69 Å². The Morgan fingerprint density at radius 1 is 1.04 bits per heavy atom. The van der Waals surface area contributed by atoms with Crippen molar-refractivity contribution in [1.29, 1.82) is 0 Å². The third-order valence-corrected chi connectivity index (χ3v) is 4.40. The standard InChI is InChI=1S/C21H23N3O4/c1-5-10-24-16-9-7-6-8-15(16)19(21(24)25)23-22-13-14-11-17(26-2)20(28-4)18(12-14)27-3/h6-9,11-13H,5,10H2,1-4H3/b22-13-,23-19+. The van der Waals surface area contributed by atoms with Crippen molar-refractivity contribution in [3.8, 4) is 17.2 Å². The van der Waals surface area contributed by atoms with Gasteiger partial charge in [0.25, 0.3) is 5.91 Å². The molecule has 2 aromatic rings. The SMILES string of the molecule is CCCN1C(=O)/C(=N/N=C\c2cc(OC)c(OC)c(OC)c2)c2ccccc21. The summed E-state index contributed by atoms with van der Waals surface area (Å²) >= 11 is 0. The number of benzene rings is 2. The molecule has 0 saturated heterocycles. The summed E-state index contributed by atoms with van der Waals surface area (Å²) in [5.41, 5.74) is 2.72. The summed E-state index contributed by atoms with van der Waals surface area (Å²) in [5, 5.41) is 8.35. The van der Waals surface area contributed by atoms with Crippen LogP contribution < -0.4 is 19.1 Å². The van der Waals surface area contributed by atoms with Crippen molar-refractivity contribution in [3.63, 3.8) is 0 Å². The van der Waals surface area contributed by atoms with E-state index < -0.39 is 0 Å². The lowest BCUT2D eigenvalue weighted by Crippen LogP contribution is -2.30. The van der Waals surface area contributed by atoms with E-state index >= 15 is 0 Å². The molecular weight excluding hydrogens is 358 g/mol. The summed E-state index contributed by atoms with van der Waals surface area (Å²) in [6.07, 6.45) is 2.41. The molecule has 7 nitrogen and oxygen atoms in total. The van der Waals surface area contributed by atoms with Gasteiger partial charge >= 0.3 is 0 Å². The minimum absolute atomic E-state index is 0.134. The van der Waals surface area contributed by atoms with E-state index in [-0.39, 0.29) is 5.91 Å². The Bertz CT molecular complexity index is 912. The molecule has 146 valence electrons. The molecule has 0 aromatic heterocycles. The van der Waals surface area contributed by atoms with E-state index in [4.69, 9.17) is 14.2 Å². The maximum absolute atomic E-state index is 12.7. The number of para-hydroxylation sites is 1. The number of fused-ring (bicyclic) bond motifs is 1. The Morgan fingerprint density at radius 2 is 1.71 bits per heavy atom. The van der Waals surface area contributed by atoms with Crippen molar-refractivity contribution < 1.29 is 19.0 Å². The Balaban J connectivity index is 1.93. The van der Waals surface area contributed by atoms with Gasteiger partial charge in [-0.3, -0.25) is 4.79 Å². The molecule has 28 heavy (non-hydrogen) atoms. The molecule has 0 aliphatic carbocycles. The molecule has 1 amide bonds. The number of anilines is 1. The zero-order valence-electron chi connectivity index (χ0n) is 16.4. The highest BCUT2D eigenvalue weighted by Gasteiger charge is 2.33. The van der Waals surface area contributed by atoms with Gasteiger partial charge in [-0.2, -0.15) is 5.10 Å². The van der Waals surface area contributed by atoms with E-state index in [0.717, 1.165) is 17.7 Å². The fourth-order valence-corrected chi connectivity index (χ4v) is 3.13. The van der Waals surface area contributed by atoms with Gasteiger partial charge in [-0.15, -0.1) is 5.10 Å². The van der Waals surface area contributed by atoms with Gasteiger partial charge in [-0.05, 0) is 24.6 Å². The summed E-state index contributed by atoms with van der Waals surface area (Å²) in [4.78, 5) is 14.5. The number of carbonyl (C=O) groups is 1. The molecule has 0 radical (unpaired) electrons. The van der Waals surface area contributed by atoms with Crippen LogP contribution in [0.3, 0.4) is 0 Å². The zero-order chi connectivity index (χ0) is 20.1. The molecule has 0 bridgehead atoms. The molecular formula is C21H23N3O4. The molecule has 0 spiro atoms. The van der Waals surface area contributed by atoms with Gasteiger partial charge in [-0.25, -0.2) is 0 Å². The predicted octanol–water partition coefficient (Wildman–Crippen LogP) is 3.29. The number of rotatable bonds is 7. The van der Waals surface area contributed by atoms with Crippen LogP contribution in [0.2, 0.25) is 0 Å². The van der Waals surface area contributed by atoms with Crippen molar-refractivity contribution >= 4 is 23.5 Å². The first-order valence-electron chi connectivity index (χ1n) is 8.96. The Hall–Kier alpha value is -3.35. The van der Waals surface area contributed by atoms with Gasteiger partial charge < -0.3 is 19.1 Å². The molecule has 3 rings (SSSR count). The van der Waals surface area contributed by atoms with Crippen LogP contribution in [-0.2, 0) is 4.79 Å². The van der Waals surface area contributed by atoms with E-state index in [1.54, 1.807) is 44.6 Å². The van der Waals surface area contributed by atoms with Gasteiger partial charge in [0.15, 0.2) is 17.2 Å². The smallest absolute Gasteiger partial charge is 0.279 e. The number of hydrogen-bond donors (Lipinski definition) is 0. The van der Waals surface area contributed by atoms with E-state index in [2.05, 4.69) is 10.2 Å². The summed E-state index contributed by atoms with van der Waals surface area (Å²) in [6, 6.07) is 11.1. The van der Waals surface area contributed by atoms with E-state index in [9.17, 15) is 4.79 Å². The third kappa shape index (κ3) is 3.55. The second-order valence-corrected chi connectivity index (χ2v) is 6.13. The Kier molecular flexibility index (Phi) is 5.93. The lowest BCUT2D eigenvalue weighted by Gasteiger charge is -2.14. The highest BCUT2D eigenvalue weighted by atomic mass is 16.5. The van der Waals surface area contributed by atoms with Crippen molar-refractivity contribution in [2.24, 2.45) is 10.2 Å². The first kappa shape index (κ1) is 19.4. The fourth-order valence-electron chi connectivity index (χ4n) is 3.13. The molecule has 2 aromatic carbocycles. The van der Waals surface area contributed by atoms with Crippen LogP contribution >= 0.6 is 0 Å². The van der Waals surface area contributed by atoms with E-state index in [0.29, 0.717) is 35.1 Å². The number of ether oxygens (including phenoxy) is 3. The second kappa shape index (κ2) is 8.56. The van der Waals surface area contributed by atoms with Crippen molar-refractivity contribution in [1.82, 2.24) is 0 Å². The third-order valence-electron chi connectivity index (χ3n) is 4.40. The van der Waals surface area contributed by atoms with E-state index in [1.165, 1.54) is 0 Å². The van der Waals surface area contributed by atoms with Crippen molar-refractivity contribution in [2.75, 3.05) is 32.8 Å². The zero-order valence-corrected chi connectivity index (χ0v) is 16.4. The number of hydrogen-bond acceptors (Lipinski definition) is 6. The molecule has 0 unspecified atom stereocenters. The second-order valence-electron chi connectivity index (χ2n) is 6.13. The fraction of sp³-hybridized carbons (Fsp3) is 0.286. The quantitative estimate of drug-likeness (QED) is 0.545. The monoisotopic (exact) mass is 381 g/mol. The normalized spacial score (nSPS) is 14.6. The summed E-state index contributed by atoms with van der Waals surface area (Å²) in [5.74, 6) is 1.41. The molecule has 1 aliphatic rings. The van der Waals surface area contributed by atoms with Crippen LogP contribution in [0.5, 0.6) is 17.2 Å². The average Bonchev–Trinajstić information content (AvgIpc) is 2.99. The van der Waals surface area contributed by atoms with Gasteiger partial charge in [-0.1, -0.05) is 25.1 Å². The van der Waals surface area contributed by atoms with Gasteiger partial charge in [0.1, 0.15) is 0 Å². The summed E-state index contributed by atoms with van der Waals surface area (Å²) < 4.78 is 16.0. The van der Waals surface area contributed by atoms with Crippen LogP contribution in [0, 0.1) is 0 Å². The van der Waals surface area contributed by atoms with Crippen molar-refractivity contribution in [2.45, 2.75) is 13.3 Å². The molecule has 0 N–H and O–H groups in total.